The maximum atomic E-state index is 12.6. The van der Waals surface area contributed by atoms with E-state index in [1.165, 1.54) is 11.1 Å². The average Bonchev–Trinajstić information content (AvgIpc) is 2.69. The molecule has 0 heterocycles. The van der Waals surface area contributed by atoms with E-state index in [9.17, 15) is 4.79 Å². The summed E-state index contributed by atoms with van der Waals surface area (Å²) >= 11 is 0. The fourth-order valence-corrected chi connectivity index (χ4v) is 3.78. The van der Waals surface area contributed by atoms with E-state index in [1.54, 1.807) is 0 Å². The van der Waals surface area contributed by atoms with Gasteiger partial charge < -0.3 is 0 Å². The van der Waals surface area contributed by atoms with Crippen molar-refractivity contribution in [1.29, 1.82) is 0 Å². The van der Waals surface area contributed by atoms with Gasteiger partial charge in [-0.25, -0.2) is 0 Å². The van der Waals surface area contributed by atoms with Crippen molar-refractivity contribution in [2.45, 2.75) is 40.5 Å². The molecule has 0 N–H and O–H groups in total. The molecule has 0 saturated heterocycles. The summed E-state index contributed by atoms with van der Waals surface area (Å²) in [7, 11) is 0. The van der Waals surface area contributed by atoms with E-state index in [1.807, 2.05) is 43.3 Å². The molecule has 0 spiro atoms. The molecule has 2 aromatic carbocycles. The van der Waals surface area contributed by atoms with Crippen molar-refractivity contribution in [3.8, 4) is 0 Å². The summed E-state index contributed by atoms with van der Waals surface area (Å²) in [4.78, 5) is 12.6. The number of carbonyl (C=O) groups excluding carboxylic acids is 1. The lowest BCUT2D eigenvalue weighted by molar-refractivity contribution is 0.103. The minimum Gasteiger partial charge on any atom is -0.289 e. The lowest BCUT2D eigenvalue weighted by Crippen LogP contribution is -2.21. The van der Waals surface area contributed by atoms with Crippen molar-refractivity contribution in [3.05, 3.63) is 107 Å². The van der Waals surface area contributed by atoms with Crippen LogP contribution in [0.1, 0.15) is 54.2 Å². The molecule has 1 nitrogen and oxygen atoms in total. The summed E-state index contributed by atoms with van der Waals surface area (Å²) in [5.74, 6) is 0.624. The van der Waals surface area contributed by atoms with E-state index in [0.717, 1.165) is 29.5 Å². The molecule has 3 rings (SSSR count). The predicted molar refractivity (Wildman–Crippen MR) is 119 cm³/mol. The Labute approximate surface area is 169 Å². The topological polar surface area (TPSA) is 17.1 Å². The van der Waals surface area contributed by atoms with Gasteiger partial charge in [0, 0.05) is 11.1 Å². The molecule has 0 aromatic heterocycles. The van der Waals surface area contributed by atoms with E-state index >= 15 is 0 Å². The number of allylic oxidation sites excluding steroid dienone is 6. The van der Waals surface area contributed by atoms with Crippen LogP contribution in [0.15, 0.2) is 84.5 Å². The van der Waals surface area contributed by atoms with Crippen LogP contribution in [-0.4, -0.2) is 5.78 Å². The first-order valence-corrected chi connectivity index (χ1v) is 10.1. The molecule has 1 heteroatoms. The Bertz CT molecular complexity index is 906. The number of rotatable bonds is 6. The van der Waals surface area contributed by atoms with Crippen molar-refractivity contribution < 1.29 is 4.79 Å². The molecule has 0 fully saturated rings. The monoisotopic (exact) mass is 370 g/mol. The van der Waals surface area contributed by atoms with Crippen molar-refractivity contribution in [3.63, 3.8) is 0 Å². The Morgan fingerprint density at radius 3 is 2.18 bits per heavy atom. The first-order valence-electron chi connectivity index (χ1n) is 10.1. The molecule has 144 valence electrons. The smallest absolute Gasteiger partial charge is 0.193 e. The number of hydrogen-bond donors (Lipinski definition) is 0. The van der Waals surface area contributed by atoms with E-state index in [0.29, 0.717) is 5.92 Å². The van der Waals surface area contributed by atoms with Gasteiger partial charge >= 0.3 is 0 Å². The Balaban J connectivity index is 1.64. The van der Waals surface area contributed by atoms with Crippen LogP contribution < -0.4 is 0 Å². The van der Waals surface area contributed by atoms with Gasteiger partial charge in [0.25, 0.3) is 0 Å². The van der Waals surface area contributed by atoms with Gasteiger partial charge in [-0.2, -0.15) is 0 Å². The minimum atomic E-state index is 0.0809. The highest BCUT2D eigenvalue weighted by atomic mass is 16.1. The maximum absolute atomic E-state index is 12.6. The number of benzene rings is 2. The van der Waals surface area contributed by atoms with E-state index in [4.69, 9.17) is 0 Å². The average molecular weight is 371 g/mol. The van der Waals surface area contributed by atoms with Gasteiger partial charge in [-0.05, 0) is 49.2 Å². The minimum absolute atomic E-state index is 0.0809. The highest BCUT2D eigenvalue weighted by molar-refractivity contribution is 6.08. The molecule has 1 unspecified atom stereocenters. The lowest BCUT2D eigenvalue weighted by atomic mass is 9.74. The Morgan fingerprint density at radius 2 is 1.64 bits per heavy atom. The van der Waals surface area contributed by atoms with Crippen molar-refractivity contribution in [2.24, 2.45) is 11.3 Å². The van der Waals surface area contributed by atoms with Gasteiger partial charge in [0.1, 0.15) is 0 Å². The molecule has 0 aliphatic heterocycles. The van der Waals surface area contributed by atoms with Crippen molar-refractivity contribution in [2.75, 3.05) is 0 Å². The lowest BCUT2D eigenvalue weighted by Gasteiger charge is -2.30. The van der Waals surface area contributed by atoms with Gasteiger partial charge in [-0.15, -0.1) is 0 Å². The van der Waals surface area contributed by atoms with Crippen LogP contribution in [0.2, 0.25) is 0 Å². The number of ketones is 1. The van der Waals surface area contributed by atoms with Crippen LogP contribution in [0.4, 0.5) is 0 Å². The molecule has 0 radical (unpaired) electrons. The second kappa shape index (κ2) is 8.56. The van der Waals surface area contributed by atoms with Gasteiger partial charge in [0.2, 0.25) is 0 Å². The van der Waals surface area contributed by atoms with E-state index in [-0.39, 0.29) is 11.2 Å². The molecule has 0 bridgehead atoms. The predicted octanol–water partition coefficient (Wildman–Crippen LogP) is 6.87. The van der Waals surface area contributed by atoms with Crippen LogP contribution in [0.3, 0.4) is 0 Å². The molecular weight excluding hydrogens is 340 g/mol. The first-order chi connectivity index (χ1) is 13.4. The van der Waals surface area contributed by atoms with Crippen LogP contribution in [0.5, 0.6) is 0 Å². The Morgan fingerprint density at radius 1 is 1.04 bits per heavy atom. The Hall–Kier alpha value is -2.67. The van der Waals surface area contributed by atoms with Crippen molar-refractivity contribution >= 4 is 5.78 Å². The number of carbonyl (C=O) groups is 1. The van der Waals surface area contributed by atoms with Crippen LogP contribution in [0.25, 0.3) is 0 Å². The Kier molecular flexibility index (Phi) is 6.14. The molecule has 28 heavy (non-hydrogen) atoms. The third-order valence-electron chi connectivity index (χ3n) is 5.67. The highest BCUT2D eigenvalue weighted by Gasteiger charge is 2.25. The molecule has 1 aliphatic rings. The number of aryl methyl sites for hydroxylation is 1. The molecule has 1 aliphatic carbocycles. The SMILES string of the molecule is CC=CC(C)(C)C1C=CC(Cc2ccc(C(=O)c3ccc(C)cc3)cc2)=CC1. The van der Waals surface area contributed by atoms with Crippen LogP contribution >= 0.6 is 0 Å². The van der Waals surface area contributed by atoms with Gasteiger partial charge in [0.05, 0.1) is 0 Å². The fraction of sp³-hybridized carbons (Fsp3) is 0.296. The molecule has 0 amide bonds. The number of hydrogen-bond acceptors (Lipinski definition) is 1. The van der Waals surface area contributed by atoms with Gasteiger partial charge in [0.15, 0.2) is 5.78 Å². The maximum Gasteiger partial charge on any atom is 0.193 e. The first kappa shape index (κ1) is 20.1. The summed E-state index contributed by atoms with van der Waals surface area (Å²) < 4.78 is 0. The van der Waals surface area contributed by atoms with E-state index < -0.39 is 0 Å². The fourth-order valence-electron chi connectivity index (χ4n) is 3.78. The third-order valence-corrected chi connectivity index (χ3v) is 5.67. The second-order valence-electron chi connectivity index (χ2n) is 8.37. The van der Waals surface area contributed by atoms with E-state index in [2.05, 4.69) is 63.3 Å². The normalized spacial score (nSPS) is 17.0. The van der Waals surface area contributed by atoms with Crippen molar-refractivity contribution in [1.82, 2.24) is 0 Å². The summed E-state index contributed by atoms with van der Waals surface area (Å²) in [6.07, 6.45) is 13.4. The molecule has 0 saturated carbocycles. The van der Waals surface area contributed by atoms with Crippen LogP contribution in [0, 0.1) is 18.3 Å². The zero-order valence-electron chi connectivity index (χ0n) is 17.4. The third kappa shape index (κ3) is 4.78. The van der Waals surface area contributed by atoms with Gasteiger partial charge in [-0.1, -0.05) is 98.3 Å². The summed E-state index contributed by atoms with van der Waals surface area (Å²) in [6.45, 7) is 8.71. The van der Waals surface area contributed by atoms with Crippen LogP contribution in [-0.2, 0) is 6.42 Å². The quantitative estimate of drug-likeness (QED) is 0.400. The molecular formula is C27H30O. The summed E-state index contributed by atoms with van der Waals surface area (Å²) in [5.41, 5.74) is 5.43. The summed E-state index contributed by atoms with van der Waals surface area (Å²) in [6, 6.07) is 15.8. The summed E-state index contributed by atoms with van der Waals surface area (Å²) in [5, 5.41) is 0. The zero-order chi connectivity index (χ0) is 20.1. The standard InChI is InChI=1S/C27H30O/c1-5-18-27(3,4)25-16-10-22(11-17-25)19-21-8-14-24(15-9-21)26(28)23-12-6-20(2)7-13-23/h5-16,18,25H,17,19H2,1-4H3. The highest BCUT2D eigenvalue weighted by Crippen LogP contribution is 2.35. The molecule has 2 aromatic rings. The second-order valence-corrected chi connectivity index (χ2v) is 8.37. The molecule has 1 atom stereocenters. The largest absolute Gasteiger partial charge is 0.289 e. The van der Waals surface area contributed by atoms with Gasteiger partial charge in [-0.3, -0.25) is 4.79 Å². The zero-order valence-corrected chi connectivity index (χ0v) is 17.4.